The van der Waals surface area contributed by atoms with Crippen LogP contribution >= 0.6 is 0 Å². The Morgan fingerprint density at radius 2 is 0.709 bits per heavy atom. The van der Waals surface area contributed by atoms with Crippen LogP contribution in [0.1, 0.15) is 120 Å². The van der Waals surface area contributed by atoms with E-state index in [4.69, 9.17) is 48.4 Å². The maximum absolute atomic E-state index is 6.37. The van der Waals surface area contributed by atoms with Crippen LogP contribution in [0.5, 0.6) is 0 Å². The average Bonchev–Trinajstić information content (AvgIpc) is 2.20. The van der Waals surface area contributed by atoms with Crippen molar-refractivity contribution in [3.05, 3.63) is 214 Å². The summed E-state index contributed by atoms with van der Waals surface area (Å²) in [6.45, 7) is 9.32. The number of aliphatic imine (C=N–C) groups is 6. The molecule has 0 aromatic heterocycles. The number of hydrogen-bond donors (Lipinski definition) is 4. The number of hydrogen-bond acceptors (Lipinski definition) is 16. The van der Waals surface area contributed by atoms with Gasteiger partial charge in [0.2, 0.25) is 0 Å². The lowest BCUT2D eigenvalue weighted by Gasteiger charge is -2.33. The molecule has 444 valence electrons. The molecule has 4 N–H and O–H groups in total. The summed E-state index contributed by atoms with van der Waals surface area (Å²) in [6.07, 6.45) is 6.90. The van der Waals surface area contributed by atoms with Crippen LogP contribution in [0.2, 0.25) is 0 Å². The first kappa shape index (κ1) is 57.1. The lowest BCUT2D eigenvalue weighted by molar-refractivity contribution is 0.189. The van der Waals surface area contributed by atoms with Gasteiger partial charge in [0.25, 0.3) is 0 Å². The lowest BCUT2D eigenvalue weighted by atomic mass is 9.90. The van der Waals surface area contributed by atoms with E-state index in [0.29, 0.717) is 62.1 Å². The molecule has 6 aromatic carbocycles. The van der Waals surface area contributed by atoms with Crippen molar-refractivity contribution in [3.8, 4) is 0 Å². The quantitative estimate of drug-likeness (QED) is 0.0648. The fraction of sp³-hybridized carbons (Fsp3) is 0.400. The Hall–Kier alpha value is -8.02. The van der Waals surface area contributed by atoms with Gasteiger partial charge in [-0.15, -0.1) is 0 Å². The van der Waals surface area contributed by atoms with Crippen LogP contribution in [0.25, 0.3) is 0 Å². The summed E-state index contributed by atoms with van der Waals surface area (Å²) in [5.74, 6) is 4.69. The third-order valence-corrected chi connectivity index (χ3v) is 17.3. The zero-order chi connectivity index (χ0) is 58.0. The van der Waals surface area contributed by atoms with E-state index in [0.717, 1.165) is 85.0 Å². The van der Waals surface area contributed by atoms with Crippen molar-refractivity contribution in [2.75, 3.05) is 52.5 Å². The highest BCUT2D eigenvalue weighted by atomic mass is 16.5. The molecule has 3 aliphatic carbocycles. The first-order chi connectivity index (χ1) is 42.4. The molecule has 16 nitrogen and oxygen atoms in total. The average molecular weight is 1160 g/mol. The van der Waals surface area contributed by atoms with E-state index < -0.39 is 0 Å². The van der Waals surface area contributed by atoms with E-state index in [1.165, 1.54) is 47.9 Å². The minimum atomic E-state index is -0.148. The Morgan fingerprint density at radius 3 is 1.09 bits per heavy atom. The molecule has 6 aromatic rings. The molecule has 15 rings (SSSR count). The smallest absolute Gasteiger partial charge is 0.199 e. The number of ether oxygens (including phenoxy) is 6. The van der Waals surface area contributed by atoms with Gasteiger partial charge in [-0.05, 0) is 71.2 Å². The highest BCUT2D eigenvalue weighted by molar-refractivity contribution is 5.85. The minimum Gasteiger partial charge on any atom is -0.478 e. The lowest BCUT2D eigenvalue weighted by Crippen LogP contribution is -2.52. The van der Waals surface area contributed by atoms with Crippen LogP contribution in [-0.4, -0.2) is 124 Å². The van der Waals surface area contributed by atoms with E-state index in [2.05, 4.69) is 142 Å². The van der Waals surface area contributed by atoms with Crippen molar-refractivity contribution in [2.45, 2.75) is 125 Å². The van der Waals surface area contributed by atoms with Crippen LogP contribution in [0.3, 0.4) is 0 Å². The predicted octanol–water partition coefficient (Wildman–Crippen LogP) is 10.3. The summed E-state index contributed by atoms with van der Waals surface area (Å²) in [6, 6.07) is 60.0. The number of rotatable bonds is 18. The molecule has 0 amide bonds. The van der Waals surface area contributed by atoms with Crippen molar-refractivity contribution >= 4 is 35.4 Å². The molecule has 1 saturated carbocycles. The predicted molar refractivity (Wildman–Crippen MR) is 338 cm³/mol. The van der Waals surface area contributed by atoms with Crippen LogP contribution < -0.4 is 21.3 Å². The largest absolute Gasteiger partial charge is 0.478 e. The second-order valence-corrected chi connectivity index (χ2v) is 23.5. The topological polar surface area (TPSA) is 178 Å². The van der Waals surface area contributed by atoms with Gasteiger partial charge < -0.3 is 49.7 Å². The highest BCUT2D eigenvalue weighted by Gasteiger charge is 2.41. The van der Waals surface area contributed by atoms with Crippen LogP contribution in [0.15, 0.2) is 200 Å². The molecule has 86 heavy (non-hydrogen) atoms. The zero-order valence-corrected chi connectivity index (χ0v) is 49.1. The van der Waals surface area contributed by atoms with Gasteiger partial charge in [-0.2, -0.15) is 0 Å². The zero-order valence-electron chi connectivity index (χ0n) is 49.1. The highest BCUT2D eigenvalue weighted by Crippen LogP contribution is 2.43. The molecular formula is C70H78N10O6. The fourth-order valence-corrected chi connectivity index (χ4v) is 13.1. The van der Waals surface area contributed by atoms with Gasteiger partial charge in [0.1, 0.15) is 49.6 Å². The molecule has 6 unspecified atom stereocenters. The van der Waals surface area contributed by atoms with E-state index in [9.17, 15) is 0 Å². The number of benzene rings is 6. The Morgan fingerprint density at radius 1 is 0.360 bits per heavy atom. The Kier molecular flexibility index (Phi) is 18.0. The van der Waals surface area contributed by atoms with Crippen molar-refractivity contribution in [2.24, 2.45) is 30.0 Å². The SMILES string of the molecule is C[C@@H]1COC(CNC2CCCCC2NCC2=N[C@H](C)CO2)=N1.c1ccc(C2N=C(CNCC3=NC(c4ccccc4)C(c4ccccc4)O3)OC2c2ccccc2)cc1.c1ccc2c(c1)C[C@@H]1OC(CNCC3=N[C@@H]4c5ccccc5C[C@@H]4O3)=N[C@H]21. The molecule has 0 saturated heterocycles. The number of nitrogens with one attached hydrogen (secondary N) is 4. The monoisotopic (exact) mass is 1150 g/mol. The number of fused-ring (bicyclic) bond motifs is 6. The second-order valence-electron chi connectivity index (χ2n) is 23.5. The molecule has 0 spiro atoms. The molecule has 6 aliphatic heterocycles. The Labute approximate surface area is 504 Å². The molecule has 12 atom stereocenters. The van der Waals surface area contributed by atoms with Crippen molar-refractivity contribution in [3.63, 3.8) is 0 Å². The van der Waals surface area contributed by atoms with Gasteiger partial charge in [-0.1, -0.05) is 183 Å². The standard InChI is InChI=1S/C32H29N3O2.C22H21N3O2.C16H28N4O2/c1-5-13-23(14-6-1)29-31(25-17-9-3-10-18-25)36-27(34-29)21-33-22-28-35-30(24-15-7-2-8-16-24)32(37-28)26-19-11-4-12-20-26;1-3-7-15-13(5-1)9-17-21(15)24-19(26-17)11-23-12-20-25-22-16-8-4-2-6-14(16)10-18(22)27-20;1-11-9-21-15(19-11)7-17-13-5-3-4-6-14(13)18-8-16-20-12(2)10-22-16/h1-20,29-33H,21-22H2;1-8,17-18,21-23H,9-12H2;11-14,17-18H,3-10H2,1-2H3/t;17-,18-,21+,22+;11-,12-,13?,14?/m.01/s1. The Bertz CT molecular complexity index is 3210. The fourth-order valence-electron chi connectivity index (χ4n) is 13.1. The first-order valence-corrected chi connectivity index (χ1v) is 31.0. The first-order valence-electron chi connectivity index (χ1n) is 31.0. The van der Waals surface area contributed by atoms with Crippen LogP contribution in [-0.2, 0) is 41.3 Å². The summed E-state index contributed by atoms with van der Waals surface area (Å²) >= 11 is 0. The van der Waals surface area contributed by atoms with Gasteiger partial charge in [-0.3, -0.25) is 0 Å². The second kappa shape index (κ2) is 27.1. The van der Waals surface area contributed by atoms with E-state index in [-0.39, 0.29) is 48.6 Å². The Balaban J connectivity index is 0.000000124. The van der Waals surface area contributed by atoms with Crippen LogP contribution in [0, 0.1) is 0 Å². The van der Waals surface area contributed by atoms with Gasteiger partial charge >= 0.3 is 0 Å². The van der Waals surface area contributed by atoms with Crippen molar-refractivity contribution in [1.29, 1.82) is 0 Å². The third-order valence-electron chi connectivity index (χ3n) is 17.3. The molecule has 16 heteroatoms. The van der Waals surface area contributed by atoms with Gasteiger partial charge in [0, 0.05) is 24.9 Å². The molecule has 1 fully saturated rings. The molecule has 9 aliphatic rings. The van der Waals surface area contributed by atoms with Crippen LogP contribution in [0.4, 0.5) is 0 Å². The van der Waals surface area contributed by atoms with E-state index >= 15 is 0 Å². The summed E-state index contributed by atoms with van der Waals surface area (Å²) in [4.78, 5) is 28.5. The maximum atomic E-state index is 6.37. The summed E-state index contributed by atoms with van der Waals surface area (Å²) in [5.41, 5.74) is 9.88. The molecule has 0 bridgehead atoms. The molecular weight excluding hydrogens is 1080 g/mol. The maximum Gasteiger partial charge on any atom is 0.199 e. The van der Waals surface area contributed by atoms with Crippen molar-refractivity contribution in [1.82, 2.24) is 21.3 Å². The summed E-state index contributed by atoms with van der Waals surface area (Å²) in [7, 11) is 0. The molecule has 0 radical (unpaired) electrons. The summed E-state index contributed by atoms with van der Waals surface area (Å²) in [5, 5.41) is 14.1. The van der Waals surface area contributed by atoms with E-state index in [1.807, 2.05) is 72.8 Å². The third kappa shape index (κ3) is 13.6. The minimum absolute atomic E-state index is 0.0783. The van der Waals surface area contributed by atoms with Gasteiger partial charge in [0.05, 0.1) is 51.4 Å². The van der Waals surface area contributed by atoms with Gasteiger partial charge in [0.15, 0.2) is 47.6 Å². The van der Waals surface area contributed by atoms with E-state index in [1.54, 1.807) is 0 Å². The van der Waals surface area contributed by atoms with Gasteiger partial charge in [-0.25, -0.2) is 30.0 Å². The molecule has 6 heterocycles. The van der Waals surface area contributed by atoms with Crippen molar-refractivity contribution < 1.29 is 28.4 Å². The normalized spacial score (nSPS) is 27.8. The number of nitrogens with zero attached hydrogens (tertiary/aromatic N) is 6. The summed E-state index contributed by atoms with van der Waals surface area (Å²) < 4.78 is 36.0.